The summed E-state index contributed by atoms with van der Waals surface area (Å²) in [5.74, 6) is 0.395. The van der Waals surface area contributed by atoms with Gasteiger partial charge in [0.1, 0.15) is 39.6 Å². The highest BCUT2D eigenvalue weighted by molar-refractivity contribution is 6.35. The van der Waals surface area contributed by atoms with E-state index in [9.17, 15) is 81.0 Å². The van der Waals surface area contributed by atoms with E-state index in [0.29, 0.717) is 58.4 Å². The maximum absolute atomic E-state index is 14.4. The molecule has 0 spiro atoms. The van der Waals surface area contributed by atoms with Crippen LogP contribution < -0.4 is 11.1 Å². The lowest BCUT2D eigenvalue weighted by atomic mass is 10.1. The molecule has 6 aliphatic carbocycles. The van der Waals surface area contributed by atoms with Crippen LogP contribution in [-0.4, -0.2) is 166 Å². The van der Waals surface area contributed by atoms with E-state index in [1.807, 2.05) is 16.8 Å². The number of amides is 1. The number of carboxylic acid groups (broad SMARTS) is 1. The number of nitrogen functional groups attached to an aromatic ring is 1. The quantitative estimate of drug-likeness (QED) is 0.00739. The highest BCUT2D eigenvalue weighted by Gasteiger charge is 2.42. The molecule has 22 rings (SSSR count). The maximum atomic E-state index is 14.4. The third-order valence-corrected chi connectivity index (χ3v) is 24.8. The second-order valence-corrected chi connectivity index (χ2v) is 36.6. The topological polar surface area (TPSA) is 420 Å². The number of hydrogen-bond donors (Lipinski definition) is 3. The summed E-state index contributed by atoms with van der Waals surface area (Å²) in [5.41, 5.74) is 22.7. The van der Waals surface area contributed by atoms with Gasteiger partial charge < -0.3 is 52.0 Å². The average Bonchev–Trinajstić information content (AvgIpc) is 1.62. The summed E-state index contributed by atoms with van der Waals surface area (Å²) in [4.78, 5) is 86.6. The summed E-state index contributed by atoms with van der Waals surface area (Å²) >= 11 is 21.7. The Morgan fingerprint density at radius 1 is 0.507 bits per heavy atom. The number of carbonyl (C=O) groups is 5. The van der Waals surface area contributed by atoms with E-state index in [0.717, 1.165) is 92.0 Å². The zero-order valence-corrected chi connectivity index (χ0v) is 81.9. The van der Waals surface area contributed by atoms with Crippen LogP contribution in [-0.2, 0) is 82.4 Å². The number of hydrogen-bond acceptors (Lipinski definition) is 22. The molecule has 6 aliphatic rings. The fourth-order valence-electron chi connectivity index (χ4n) is 15.7. The van der Waals surface area contributed by atoms with E-state index in [2.05, 4.69) is 135 Å². The van der Waals surface area contributed by atoms with Crippen LogP contribution in [0.3, 0.4) is 0 Å². The fraction of sp³-hybridized carbons (Fsp3) is 0.375. The van der Waals surface area contributed by atoms with Gasteiger partial charge in [-0.25, -0.2) is 67.7 Å². The first-order valence-electron chi connectivity index (χ1n) is 46.1. The number of Topliss-reactive ketones (excluding diaryl/α,β-unsaturated/α-hetero) is 1. The Kier molecular flexibility index (Phi) is 33.1. The summed E-state index contributed by atoms with van der Waals surface area (Å²) in [7, 11) is 0. The van der Waals surface area contributed by atoms with Crippen LogP contribution in [0.15, 0.2) is 147 Å². The first-order valence-corrected chi connectivity index (χ1v) is 48.0. The molecular formula is C96H90Cl4F13N27O8. The number of aromatic nitrogens is 22. The van der Waals surface area contributed by atoms with Crippen LogP contribution in [0.5, 0.6) is 0 Å². The number of carbonyl (C=O) groups excluding carboxylic acids is 4. The molecule has 0 aliphatic heterocycles. The molecule has 776 valence electrons. The van der Waals surface area contributed by atoms with Gasteiger partial charge in [0.15, 0.2) is 28.7 Å². The Hall–Kier alpha value is -14.8. The maximum Gasteiger partial charge on any atom is 0.419 e. The number of nitrogens with one attached hydrogen (secondary N) is 1. The van der Waals surface area contributed by atoms with E-state index in [-0.39, 0.29) is 124 Å². The number of anilines is 1. The standard InChI is InChI=1S/C23H17ClF4N8O.C17H16F3N5O2.C15H12F3N5O2.C12H13ClN2.C12H13N5.C9H9F3N2.C5H6O2.C3H4Cl2O/c24-16-3-4-34-11-30-17(20(34)19(16)25)6-29-22(37)18-10-36(33-32-18)9-14-8-35-7-13(12-1-2-12)5-15(21(35)31-14)23(26,27)28;1-2-27-16(26)14-9-25(23-22-14)8-12-7-24-6-11(10-3-4-10)5-13(15(24)21-12)17(18,19)20;16-15(17,18)11-3-9(8-1-2-8)4-22-5-10(19-13(11)22)6-23-7-12(14(24)25)20-21-23;1-8-4-10(9-2-3-9)6-15-7-11(5-13)14-12(8)15;1-8-4-10(9-2-3-9)6-17-7-11(5-14-16-13)15-12(8)17;10-9(11,12)7-3-6(5-1-2-5)4-14-8(7)13;1-3-5(6)7-4-2;4-1-3(6)2-5/h3-5,7-8,10-12H,1-2,6,9H2,(H,29,37);5-7,9-10H,2-4,8H2,1H3;3-5,7-8H,1-2,6H2,(H,24,25);4,6-7,9H,2-3,5H2,1H3;4,6-7,9H,2-3,5H2,1H3;3-5H,1-2H2,(H2,13,14);1H,4H2,2H3;1-2H2. The molecule has 6 fully saturated rings. The van der Waals surface area contributed by atoms with Crippen molar-refractivity contribution in [1.82, 2.24) is 112 Å². The number of esters is 2. The van der Waals surface area contributed by atoms with E-state index < -0.39 is 82.4 Å². The molecule has 1 amide bonds. The zero-order valence-electron chi connectivity index (χ0n) is 78.9. The number of alkyl halides is 15. The van der Waals surface area contributed by atoms with Gasteiger partial charge in [0.2, 0.25) is 0 Å². The molecule has 52 heteroatoms. The number of nitrogens with zero attached hydrogens (tertiary/aromatic N) is 25. The normalized spacial score (nSPS) is 14.4. The summed E-state index contributed by atoms with van der Waals surface area (Å²) in [5, 5.41) is 37.3. The van der Waals surface area contributed by atoms with Crippen LogP contribution in [0.1, 0.15) is 259 Å². The molecule has 16 aromatic heterocycles. The van der Waals surface area contributed by atoms with Gasteiger partial charge in [-0.3, -0.25) is 9.59 Å². The lowest BCUT2D eigenvalue weighted by molar-refractivity contribution is -0.137. The molecule has 0 aromatic carbocycles. The molecule has 0 unspecified atom stereocenters. The van der Waals surface area contributed by atoms with Crippen molar-refractivity contribution in [2.75, 3.05) is 30.7 Å². The smallest absolute Gasteiger partial charge is 0.419 e. The van der Waals surface area contributed by atoms with Gasteiger partial charge in [-0.05, 0) is 221 Å². The van der Waals surface area contributed by atoms with E-state index in [1.54, 1.807) is 50.8 Å². The van der Waals surface area contributed by atoms with Gasteiger partial charge in [0.25, 0.3) is 5.91 Å². The Balaban J connectivity index is 0.000000133. The molecule has 35 nitrogen and oxygen atoms in total. The fourth-order valence-corrected chi connectivity index (χ4v) is 16.2. The Morgan fingerprint density at radius 3 is 1.26 bits per heavy atom. The predicted molar refractivity (Wildman–Crippen MR) is 512 cm³/mol. The molecule has 0 bridgehead atoms. The van der Waals surface area contributed by atoms with Crippen LogP contribution >= 0.6 is 46.4 Å². The van der Waals surface area contributed by atoms with Gasteiger partial charge in [0, 0.05) is 85.2 Å². The number of rotatable bonds is 24. The number of ether oxygens (including phenoxy) is 2. The van der Waals surface area contributed by atoms with E-state index >= 15 is 0 Å². The number of azide groups is 1. The average molecular weight is 2140 g/mol. The number of imidazole rings is 6. The number of ketones is 1. The summed E-state index contributed by atoms with van der Waals surface area (Å²) < 4.78 is 196. The van der Waals surface area contributed by atoms with Crippen molar-refractivity contribution in [1.29, 1.82) is 0 Å². The molecule has 0 atom stereocenters. The Labute approximate surface area is 850 Å². The number of fused-ring (bicyclic) bond motifs is 6. The zero-order chi connectivity index (χ0) is 106. The van der Waals surface area contributed by atoms with Gasteiger partial charge >= 0.3 is 42.6 Å². The minimum absolute atomic E-state index is 0.00735. The van der Waals surface area contributed by atoms with Crippen molar-refractivity contribution in [3.8, 4) is 12.3 Å². The van der Waals surface area contributed by atoms with Gasteiger partial charge in [0.05, 0.1) is 150 Å². The van der Waals surface area contributed by atoms with Crippen molar-refractivity contribution in [2.45, 2.75) is 204 Å². The summed E-state index contributed by atoms with van der Waals surface area (Å²) in [6, 6.07) is 10.5. The van der Waals surface area contributed by atoms with Gasteiger partial charge in [-0.15, -0.1) is 56.5 Å². The van der Waals surface area contributed by atoms with Gasteiger partial charge in [-0.2, -0.15) is 52.7 Å². The van der Waals surface area contributed by atoms with Crippen LogP contribution in [0.2, 0.25) is 5.02 Å². The molecule has 4 N–H and O–H groups in total. The lowest BCUT2D eigenvalue weighted by Crippen LogP contribution is -2.23. The first kappa shape index (κ1) is 107. The van der Waals surface area contributed by atoms with Crippen LogP contribution in [0, 0.1) is 32.0 Å². The molecule has 16 heterocycles. The van der Waals surface area contributed by atoms with Crippen LogP contribution in [0.25, 0.3) is 44.2 Å². The first-order chi connectivity index (χ1) is 70.5. The van der Waals surface area contributed by atoms with Crippen molar-refractivity contribution in [3.05, 3.63) is 281 Å². The largest absolute Gasteiger partial charge is 0.476 e. The number of nitrogens with two attached hydrogens (primary N) is 1. The van der Waals surface area contributed by atoms with Crippen molar-refractivity contribution >= 4 is 116 Å². The number of pyridine rings is 7. The highest BCUT2D eigenvalue weighted by atomic mass is 35.5. The second kappa shape index (κ2) is 45.7. The lowest BCUT2D eigenvalue weighted by Gasteiger charge is -2.10. The second-order valence-electron chi connectivity index (χ2n) is 35.4. The Bertz CT molecular complexity index is 7690. The number of terminal acetylenes is 1. The minimum Gasteiger partial charge on any atom is -0.476 e. The Morgan fingerprint density at radius 2 is 0.878 bits per heavy atom. The molecule has 0 saturated heterocycles. The predicted octanol–water partition coefficient (Wildman–Crippen LogP) is 20.2. The molecule has 148 heavy (non-hydrogen) atoms. The van der Waals surface area contributed by atoms with Crippen molar-refractivity contribution in [3.63, 3.8) is 0 Å². The third kappa shape index (κ3) is 27.5. The monoisotopic (exact) mass is 2140 g/mol. The number of aromatic carboxylic acids is 1. The SMILES string of the molecule is C#CC(=O)OCC.CCOC(=O)c1cn(Cc2cn3cc(C4CC4)cc(C(F)(F)F)c3n2)nn1.Cc1cc(C2CC2)cn2cc(CCl)nc12.Cc1cc(C2CC2)cn2cc(CN=[N+]=[N-])nc12.Nc1ncc(C2CC2)cc1C(F)(F)F.O=C(CCl)CCl.O=C(NCc1ncn2ccc(Cl)c(F)c12)c1cn(Cc2cn3cc(C4CC4)cc(C(F)(F)F)c3n2)nn1.O=C(O)c1cn(Cc2cn3cc(C4CC4)cc(C(F)(F)F)c3n2)nn1. The minimum atomic E-state index is -4.54. The van der Waals surface area contributed by atoms with Crippen LogP contribution in [0.4, 0.5) is 62.9 Å². The highest BCUT2D eigenvalue weighted by Crippen LogP contribution is 2.48. The third-order valence-electron chi connectivity index (χ3n) is 23.7. The molecule has 6 saturated carbocycles. The number of aryl methyl sites for hydroxylation is 2. The summed E-state index contributed by atoms with van der Waals surface area (Å²) in [6.45, 7) is 8.48. The number of carboxylic acids is 1. The van der Waals surface area contributed by atoms with E-state index in [1.165, 1.54) is 147 Å². The van der Waals surface area contributed by atoms with E-state index in [4.69, 9.17) is 67.5 Å². The summed E-state index contributed by atoms with van der Waals surface area (Å²) in [6.07, 6.45) is 25.4. The van der Waals surface area contributed by atoms with Crippen molar-refractivity contribution in [2.24, 2.45) is 5.11 Å². The number of halogens is 17. The van der Waals surface area contributed by atoms with Gasteiger partial charge in [-0.1, -0.05) is 44.5 Å². The molecule has 0 radical (unpaired) electrons. The molecular weight excluding hydrogens is 2050 g/mol. The molecule has 16 aromatic rings. The van der Waals surface area contributed by atoms with Crippen molar-refractivity contribution < 1.29 is 95.6 Å².